The normalized spacial score (nSPS) is 12.1. The highest BCUT2D eigenvalue weighted by Crippen LogP contribution is 2.13. The fourth-order valence-corrected chi connectivity index (χ4v) is 3.37. The number of aliphatic carboxylic acids is 1. The Kier molecular flexibility index (Phi) is 19.8. The smallest absolute Gasteiger partial charge is 0.328 e. The lowest BCUT2D eigenvalue weighted by atomic mass is 10.0. The molecule has 5 nitrogen and oxygen atoms in total. The molecular formula is C23H45NO4. The zero-order valence-corrected chi connectivity index (χ0v) is 18.5. The van der Waals surface area contributed by atoms with E-state index in [1.54, 1.807) is 0 Å². The quantitative estimate of drug-likeness (QED) is 0.237. The summed E-state index contributed by atoms with van der Waals surface area (Å²) in [5.74, 6) is -1.40. The molecule has 0 aliphatic carbocycles. The topological polar surface area (TPSA) is 75.6 Å². The molecule has 0 saturated heterocycles. The van der Waals surface area contributed by atoms with Crippen LogP contribution in [0.15, 0.2) is 0 Å². The van der Waals surface area contributed by atoms with Crippen LogP contribution in [0, 0.1) is 0 Å². The highest BCUT2D eigenvalue weighted by Gasteiger charge is 2.17. The first kappa shape index (κ1) is 26.9. The van der Waals surface area contributed by atoms with Crippen LogP contribution in [0.1, 0.15) is 117 Å². The number of carbonyl (C=O) groups is 2. The molecule has 1 unspecified atom stereocenters. The largest absolute Gasteiger partial charge is 0.480 e. The van der Waals surface area contributed by atoms with Gasteiger partial charge in [-0.2, -0.15) is 0 Å². The van der Waals surface area contributed by atoms with Gasteiger partial charge in [0.2, 0.25) is 5.91 Å². The molecule has 0 fully saturated rings. The SMILES string of the molecule is CCCCCCCCCCCCCCCCCCOCC(NC(C)=O)C(=O)O. The highest BCUT2D eigenvalue weighted by molar-refractivity contribution is 5.82. The van der Waals surface area contributed by atoms with Gasteiger partial charge in [-0.25, -0.2) is 4.79 Å². The first-order valence-corrected chi connectivity index (χ1v) is 11.7. The van der Waals surface area contributed by atoms with E-state index >= 15 is 0 Å². The van der Waals surface area contributed by atoms with Crippen LogP contribution in [0.5, 0.6) is 0 Å². The number of unbranched alkanes of at least 4 members (excludes halogenated alkanes) is 15. The Bertz CT molecular complexity index is 374. The molecule has 0 aromatic rings. The number of hydrogen-bond donors (Lipinski definition) is 2. The number of rotatable bonds is 21. The van der Waals surface area contributed by atoms with Crippen LogP contribution in [0.3, 0.4) is 0 Å². The minimum absolute atomic E-state index is 0.0354. The molecule has 0 aliphatic rings. The summed E-state index contributed by atoms with van der Waals surface area (Å²) in [6.07, 6.45) is 21.2. The second-order valence-electron chi connectivity index (χ2n) is 7.97. The number of hydrogen-bond acceptors (Lipinski definition) is 3. The van der Waals surface area contributed by atoms with Gasteiger partial charge >= 0.3 is 5.97 Å². The molecule has 166 valence electrons. The van der Waals surface area contributed by atoms with E-state index in [9.17, 15) is 9.59 Å². The third-order valence-electron chi connectivity index (χ3n) is 5.10. The number of ether oxygens (including phenoxy) is 1. The third kappa shape index (κ3) is 19.7. The van der Waals surface area contributed by atoms with Crippen molar-refractivity contribution in [3.05, 3.63) is 0 Å². The number of carboxylic acid groups (broad SMARTS) is 1. The molecule has 28 heavy (non-hydrogen) atoms. The lowest BCUT2D eigenvalue weighted by Crippen LogP contribution is -2.43. The van der Waals surface area contributed by atoms with Crippen molar-refractivity contribution >= 4 is 11.9 Å². The van der Waals surface area contributed by atoms with E-state index in [4.69, 9.17) is 9.84 Å². The Hall–Kier alpha value is -1.10. The van der Waals surface area contributed by atoms with Crippen molar-refractivity contribution in [1.82, 2.24) is 5.32 Å². The molecule has 0 saturated carbocycles. The summed E-state index contributed by atoms with van der Waals surface area (Å²) in [5.41, 5.74) is 0. The second-order valence-corrected chi connectivity index (χ2v) is 7.97. The number of nitrogens with one attached hydrogen (secondary N) is 1. The Morgan fingerprint density at radius 3 is 1.50 bits per heavy atom. The molecule has 0 rings (SSSR count). The van der Waals surface area contributed by atoms with Gasteiger partial charge in [-0.1, -0.05) is 103 Å². The van der Waals surface area contributed by atoms with Gasteiger partial charge in [0.25, 0.3) is 0 Å². The average molecular weight is 400 g/mol. The lowest BCUT2D eigenvalue weighted by molar-refractivity contribution is -0.143. The molecular weight excluding hydrogens is 354 g/mol. The summed E-state index contributed by atoms with van der Waals surface area (Å²) < 4.78 is 5.38. The predicted molar refractivity (Wildman–Crippen MR) is 116 cm³/mol. The van der Waals surface area contributed by atoms with Crippen molar-refractivity contribution in [3.63, 3.8) is 0 Å². The monoisotopic (exact) mass is 399 g/mol. The standard InChI is InChI=1S/C23H45NO4/c1-3-4-5-6-7-8-9-10-11-12-13-14-15-16-17-18-19-28-20-22(23(26)27)24-21(2)25/h22H,3-20H2,1-2H3,(H,24,25)(H,26,27). The lowest BCUT2D eigenvalue weighted by Gasteiger charge is -2.13. The molecule has 0 heterocycles. The molecule has 1 amide bonds. The fraction of sp³-hybridized carbons (Fsp3) is 0.913. The molecule has 5 heteroatoms. The van der Waals surface area contributed by atoms with Gasteiger partial charge in [-0.3, -0.25) is 4.79 Å². The van der Waals surface area contributed by atoms with Gasteiger partial charge in [-0.05, 0) is 6.42 Å². The van der Waals surface area contributed by atoms with E-state index in [1.165, 1.54) is 96.8 Å². The van der Waals surface area contributed by atoms with Crippen LogP contribution in [0.25, 0.3) is 0 Å². The zero-order chi connectivity index (χ0) is 20.9. The second kappa shape index (κ2) is 20.6. The van der Waals surface area contributed by atoms with Crippen molar-refractivity contribution in [3.8, 4) is 0 Å². The maximum absolute atomic E-state index is 11.0. The maximum atomic E-state index is 11.0. The summed E-state index contributed by atoms with van der Waals surface area (Å²) in [6, 6.07) is -0.946. The van der Waals surface area contributed by atoms with Crippen LogP contribution in [-0.4, -0.2) is 36.2 Å². The predicted octanol–water partition coefficient (Wildman–Crippen LogP) is 5.85. The van der Waals surface area contributed by atoms with E-state index in [1.807, 2.05) is 0 Å². The van der Waals surface area contributed by atoms with E-state index in [-0.39, 0.29) is 12.5 Å². The Labute approximate surface area is 173 Å². The van der Waals surface area contributed by atoms with Gasteiger partial charge in [0, 0.05) is 13.5 Å². The first-order valence-electron chi connectivity index (χ1n) is 11.7. The van der Waals surface area contributed by atoms with Crippen LogP contribution in [0.4, 0.5) is 0 Å². The third-order valence-corrected chi connectivity index (χ3v) is 5.10. The number of carboxylic acids is 1. The van der Waals surface area contributed by atoms with Crippen LogP contribution in [0.2, 0.25) is 0 Å². The van der Waals surface area contributed by atoms with E-state index < -0.39 is 12.0 Å². The van der Waals surface area contributed by atoms with Gasteiger partial charge in [-0.15, -0.1) is 0 Å². The van der Waals surface area contributed by atoms with Gasteiger partial charge in [0.05, 0.1) is 6.61 Å². The molecule has 1 atom stereocenters. The number of amides is 1. The molecule has 0 bridgehead atoms. The van der Waals surface area contributed by atoms with E-state index in [0.29, 0.717) is 6.61 Å². The van der Waals surface area contributed by atoms with Gasteiger partial charge < -0.3 is 15.2 Å². The Balaban J connectivity index is 3.23. The Morgan fingerprint density at radius 1 is 0.750 bits per heavy atom. The minimum Gasteiger partial charge on any atom is -0.480 e. The minimum atomic E-state index is -1.05. The van der Waals surface area contributed by atoms with Crippen molar-refractivity contribution in [2.24, 2.45) is 0 Å². The van der Waals surface area contributed by atoms with Crippen molar-refractivity contribution in [2.45, 2.75) is 123 Å². The van der Waals surface area contributed by atoms with E-state index in [0.717, 1.165) is 12.8 Å². The Morgan fingerprint density at radius 2 is 1.14 bits per heavy atom. The number of carbonyl (C=O) groups excluding carboxylic acids is 1. The average Bonchev–Trinajstić information content (AvgIpc) is 2.65. The van der Waals surface area contributed by atoms with Gasteiger partial charge in [0.15, 0.2) is 6.04 Å². The summed E-state index contributed by atoms with van der Waals surface area (Å²) >= 11 is 0. The van der Waals surface area contributed by atoms with Crippen molar-refractivity contribution < 1.29 is 19.4 Å². The van der Waals surface area contributed by atoms with Crippen LogP contribution in [-0.2, 0) is 14.3 Å². The van der Waals surface area contributed by atoms with Crippen LogP contribution < -0.4 is 5.32 Å². The van der Waals surface area contributed by atoms with Crippen molar-refractivity contribution in [2.75, 3.05) is 13.2 Å². The summed E-state index contributed by atoms with van der Waals surface area (Å²) in [5, 5.41) is 11.3. The molecule has 0 radical (unpaired) electrons. The van der Waals surface area contributed by atoms with E-state index in [2.05, 4.69) is 12.2 Å². The first-order chi connectivity index (χ1) is 13.6. The highest BCUT2D eigenvalue weighted by atomic mass is 16.5. The molecule has 0 aromatic carbocycles. The molecule has 0 aliphatic heterocycles. The summed E-state index contributed by atoms with van der Waals surface area (Å²) in [7, 11) is 0. The molecule has 2 N–H and O–H groups in total. The summed E-state index contributed by atoms with van der Waals surface area (Å²) in [6.45, 7) is 4.17. The molecule has 0 aromatic heterocycles. The molecule has 0 spiro atoms. The maximum Gasteiger partial charge on any atom is 0.328 e. The zero-order valence-electron chi connectivity index (χ0n) is 18.5. The van der Waals surface area contributed by atoms with Crippen molar-refractivity contribution in [1.29, 1.82) is 0 Å². The van der Waals surface area contributed by atoms with Crippen LogP contribution >= 0.6 is 0 Å². The van der Waals surface area contributed by atoms with Gasteiger partial charge in [0.1, 0.15) is 0 Å². The summed E-state index contributed by atoms with van der Waals surface area (Å²) in [4.78, 5) is 21.9. The fourth-order valence-electron chi connectivity index (χ4n) is 3.37.